The van der Waals surface area contributed by atoms with E-state index in [1.54, 1.807) is 29.8 Å². The van der Waals surface area contributed by atoms with Crippen LogP contribution in [0.25, 0.3) is 0 Å². The van der Waals surface area contributed by atoms with E-state index in [4.69, 9.17) is 0 Å². The number of thiophene rings is 1. The van der Waals surface area contributed by atoms with Crippen molar-refractivity contribution in [1.29, 1.82) is 0 Å². The second kappa shape index (κ2) is 10.5. The molecule has 2 aromatic rings. The molecular formula is C21H29N5O2S. The first kappa shape index (κ1) is 21.4. The molecule has 1 aliphatic heterocycles. The SMILES string of the molecule is CCN1CCN([C@H](c2cccs2)[C@H](C)NC(=O)C(=O)NCc2cccnc2)CC1. The van der Waals surface area contributed by atoms with E-state index >= 15 is 0 Å². The Morgan fingerprint density at radius 3 is 2.59 bits per heavy atom. The van der Waals surface area contributed by atoms with Gasteiger partial charge in [-0.25, -0.2) is 0 Å². The summed E-state index contributed by atoms with van der Waals surface area (Å²) in [5.41, 5.74) is 0.854. The molecular weight excluding hydrogens is 386 g/mol. The number of rotatable bonds is 7. The predicted octanol–water partition coefficient (Wildman–Crippen LogP) is 1.64. The summed E-state index contributed by atoms with van der Waals surface area (Å²) >= 11 is 1.69. The number of carbonyl (C=O) groups excluding carboxylic acids is 2. The molecule has 29 heavy (non-hydrogen) atoms. The van der Waals surface area contributed by atoms with Crippen molar-refractivity contribution in [2.75, 3.05) is 32.7 Å². The lowest BCUT2D eigenvalue weighted by Gasteiger charge is -2.41. The normalized spacial score (nSPS) is 17.4. The Morgan fingerprint density at radius 1 is 1.17 bits per heavy atom. The summed E-state index contributed by atoms with van der Waals surface area (Å²) in [6, 6.07) is 7.67. The summed E-state index contributed by atoms with van der Waals surface area (Å²) in [4.78, 5) is 34.8. The third-order valence-electron chi connectivity index (χ3n) is 5.30. The van der Waals surface area contributed by atoms with Gasteiger partial charge in [0.25, 0.3) is 0 Å². The Balaban J connectivity index is 1.59. The summed E-state index contributed by atoms with van der Waals surface area (Å²) in [6.45, 7) is 9.42. The first-order chi connectivity index (χ1) is 14.1. The fraction of sp³-hybridized carbons (Fsp3) is 0.476. The van der Waals surface area contributed by atoms with Gasteiger partial charge in [0.05, 0.1) is 6.04 Å². The van der Waals surface area contributed by atoms with Gasteiger partial charge in [-0.2, -0.15) is 0 Å². The van der Waals surface area contributed by atoms with Crippen LogP contribution in [-0.4, -0.2) is 65.4 Å². The molecule has 2 N–H and O–H groups in total. The van der Waals surface area contributed by atoms with Gasteiger partial charge < -0.3 is 15.5 Å². The number of carbonyl (C=O) groups is 2. The Kier molecular flexibility index (Phi) is 7.74. The molecule has 156 valence electrons. The van der Waals surface area contributed by atoms with Crippen LogP contribution in [-0.2, 0) is 16.1 Å². The summed E-state index contributed by atoms with van der Waals surface area (Å²) in [7, 11) is 0. The monoisotopic (exact) mass is 415 g/mol. The molecule has 3 heterocycles. The lowest BCUT2D eigenvalue weighted by molar-refractivity contribution is -0.140. The van der Waals surface area contributed by atoms with Crippen LogP contribution in [0.2, 0.25) is 0 Å². The number of piperazine rings is 1. The number of nitrogens with zero attached hydrogens (tertiary/aromatic N) is 3. The van der Waals surface area contributed by atoms with Gasteiger partial charge in [0.2, 0.25) is 0 Å². The van der Waals surface area contributed by atoms with Gasteiger partial charge in [-0.1, -0.05) is 19.1 Å². The maximum absolute atomic E-state index is 12.5. The second-order valence-electron chi connectivity index (χ2n) is 7.24. The van der Waals surface area contributed by atoms with Gasteiger partial charge in [-0.05, 0) is 36.5 Å². The van der Waals surface area contributed by atoms with Crippen molar-refractivity contribution in [3.8, 4) is 0 Å². The van der Waals surface area contributed by atoms with Crippen LogP contribution in [0, 0.1) is 0 Å². The van der Waals surface area contributed by atoms with Crippen LogP contribution in [0.5, 0.6) is 0 Å². The molecule has 0 aliphatic carbocycles. The van der Waals surface area contributed by atoms with Crippen molar-refractivity contribution < 1.29 is 9.59 Å². The van der Waals surface area contributed by atoms with Crippen molar-refractivity contribution in [3.63, 3.8) is 0 Å². The molecule has 2 amide bonds. The summed E-state index contributed by atoms with van der Waals surface area (Å²) in [5, 5.41) is 7.63. The number of aromatic nitrogens is 1. The Bertz CT molecular complexity index is 776. The zero-order chi connectivity index (χ0) is 20.6. The van der Waals surface area contributed by atoms with E-state index in [0.29, 0.717) is 0 Å². The standard InChI is InChI=1S/C21H29N5O2S/c1-3-25-9-11-26(12-10-25)19(18-7-5-13-29-18)16(2)24-21(28)20(27)23-15-17-6-4-8-22-14-17/h4-8,13-14,16,19H,3,9-12,15H2,1-2H3,(H,23,27)(H,24,28)/t16-,19-/m0/s1. The number of hydrogen-bond acceptors (Lipinski definition) is 6. The largest absolute Gasteiger partial charge is 0.344 e. The summed E-state index contributed by atoms with van der Waals surface area (Å²) in [5.74, 6) is -1.23. The van der Waals surface area contributed by atoms with Crippen LogP contribution < -0.4 is 10.6 Å². The molecule has 1 aliphatic rings. The molecule has 0 unspecified atom stereocenters. The molecule has 1 saturated heterocycles. The van der Waals surface area contributed by atoms with E-state index in [2.05, 4.69) is 43.8 Å². The zero-order valence-electron chi connectivity index (χ0n) is 17.0. The van der Waals surface area contributed by atoms with Crippen molar-refractivity contribution in [3.05, 3.63) is 52.5 Å². The number of amides is 2. The summed E-state index contributed by atoms with van der Waals surface area (Å²) in [6.07, 6.45) is 3.34. The zero-order valence-corrected chi connectivity index (χ0v) is 17.8. The van der Waals surface area contributed by atoms with Gasteiger partial charge in [0, 0.05) is 56.0 Å². The van der Waals surface area contributed by atoms with Crippen molar-refractivity contribution in [2.45, 2.75) is 32.5 Å². The smallest absolute Gasteiger partial charge is 0.309 e. The second-order valence-corrected chi connectivity index (χ2v) is 8.22. The molecule has 2 atom stereocenters. The summed E-state index contributed by atoms with van der Waals surface area (Å²) < 4.78 is 0. The van der Waals surface area contributed by atoms with Crippen molar-refractivity contribution in [2.24, 2.45) is 0 Å². The van der Waals surface area contributed by atoms with Gasteiger partial charge in [-0.15, -0.1) is 11.3 Å². The topological polar surface area (TPSA) is 77.6 Å². The Morgan fingerprint density at radius 2 is 1.97 bits per heavy atom. The van der Waals surface area contributed by atoms with Crippen LogP contribution in [0.4, 0.5) is 0 Å². The number of pyridine rings is 1. The number of hydrogen-bond donors (Lipinski definition) is 2. The highest BCUT2D eigenvalue weighted by Gasteiger charge is 2.31. The average Bonchev–Trinajstić information content (AvgIpc) is 3.27. The minimum absolute atomic E-state index is 0.0593. The molecule has 0 saturated carbocycles. The van der Waals surface area contributed by atoms with Crippen molar-refractivity contribution in [1.82, 2.24) is 25.4 Å². The molecule has 0 radical (unpaired) electrons. The highest BCUT2D eigenvalue weighted by atomic mass is 32.1. The minimum atomic E-state index is -0.624. The van der Waals surface area contributed by atoms with Crippen molar-refractivity contribution >= 4 is 23.2 Å². The lowest BCUT2D eigenvalue weighted by Crippen LogP contribution is -2.53. The van der Waals surface area contributed by atoms with Crippen LogP contribution in [0.1, 0.15) is 30.3 Å². The molecule has 0 aromatic carbocycles. The third kappa shape index (κ3) is 5.85. The lowest BCUT2D eigenvalue weighted by atomic mass is 10.0. The van der Waals surface area contributed by atoms with E-state index in [-0.39, 0.29) is 18.6 Å². The molecule has 0 spiro atoms. The quantitative estimate of drug-likeness (QED) is 0.673. The Hall–Kier alpha value is -2.29. The van der Waals surface area contributed by atoms with Crippen LogP contribution in [0.3, 0.4) is 0 Å². The van der Waals surface area contributed by atoms with Gasteiger partial charge >= 0.3 is 11.8 Å². The first-order valence-corrected chi connectivity index (χ1v) is 10.9. The Labute approximate surface area is 176 Å². The predicted molar refractivity (Wildman–Crippen MR) is 114 cm³/mol. The van der Waals surface area contributed by atoms with E-state index in [0.717, 1.165) is 38.3 Å². The van der Waals surface area contributed by atoms with Crippen LogP contribution >= 0.6 is 11.3 Å². The average molecular weight is 416 g/mol. The molecule has 3 rings (SSSR count). The molecule has 2 aromatic heterocycles. The fourth-order valence-corrected chi connectivity index (χ4v) is 4.64. The van der Waals surface area contributed by atoms with E-state index in [1.807, 2.05) is 19.1 Å². The minimum Gasteiger partial charge on any atom is -0.344 e. The van der Waals surface area contributed by atoms with E-state index < -0.39 is 11.8 Å². The molecule has 8 heteroatoms. The fourth-order valence-electron chi connectivity index (χ4n) is 3.68. The van der Waals surface area contributed by atoms with Gasteiger partial charge in [0.1, 0.15) is 0 Å². The number of likely N-dealkylation sites (N-methyl/N-ethyl adjacent to an activating group) is 1. The molecule has 7 nitrogen and oxygen atoms in total. The highest BCUT2D eigenvalue weighted by Crippen LogP contribution is 2.29. The maximum Gasteiger partial charge on any atom is 0.309 e. The first-order valence-electron chi connectivity index (χ1n) is 10.1. The molecule has 1 fully saturated rings. The van der Waals surface area contributed by atoms with Crippen LogP contribution in [0.15, 0.2) is 42.0 Å². The molecule has 0 bridgehead atoms. The van der Waals surface area contributed by atoms with E-state index in [9.17, 15) is 9.59 Å². The van der Waals surface area contributed by atoms with E-state index in [1.165, 1.54) is 4.88 Å². The maximum atomic E-state index is 12.5. The highest BCUT2D eigenvalue weighted by molar-refractivity contribution is 7.10. The van der Waals surface area contributed by atoms with Gasteiger partial charge in [0.15, 0.2) is 0 Å². The van der Waals surface area contributed by atoms with Gasteiger partial charge in [-0.3, -0.25) is 19.5 Å². The third-order valence-corrected chi connectivity index (χ3v) is 6.24. The number of nitrogens with one attached hydrogen (secondary N) is 2.